The Hall–Kier alpha value is -3.32. The largest absolute Gasteiger partial charge is 0.322 e. The Balaban J connectivity index is 1.63. The Kier molecular flexibility index (Phi) is 5.22. The van der Waals surface area contributed by atoms with Crippen molar-refractivity contribution in [3.8, 4) is 11.3 Å². The van der Waals surface area contributed by atoms with E-state index in [4.69, 9.17) is 0 Å². The van der Waals surface area contributed by atoms with Gasteiger partial charge in [0.1, 0.15) is 12.4 Å². The van der Waals surface area contributed by atoms with E-state index in [2.05, 4.69) is 26.3 Å². The van der Waals surface area contributed by atoms with Crippen molar-refractivity contribution in [3.63, 3.8) is 0 Å². The second-order valence-electron chi connectivity index (χ2n) is 6.41. The summed E-state index contributed by atoms with van der Waals surface area (Å²) in [6.07, 6.45) is 0. The second kappa shape index (κ2) is 7.97. The van der Waals surface area contributed by atoms with Gasteiger partial charge in [0.15, 0.2) is 0 Å². The van der Waals surface area contributed by atoms with Crippen molar-refractivity contribution in [1.29, 1.82) is 0 Å². The summed E-state index contributed by atoms with van der Waals surface area (Å²) in [5, 5.41) is 8.86. The molecule has 0 aliphatic carbocycles. The molecule has 29 heavy (non-hydrogen) atoms. The van der Waals surface area contributed by atoms with Crippen molar-refractivity contribution in [2.75, 3.05) is 5.32 Å². The smallest absolute Gasteiger partial charge is 0.267 e. The highest BCUT2D eigenvalue weighted by atomic mass is 79.9. The Morgan fingerprint density at radius 1 is 1.03 bits per heavy atom. The first-order chi connectivity index (χ1) is 14.0. The molecule has 3 aromatic carbocycles. The predicted octanol–water partition coefficient (Wildman–Crippen LogP) is 4.60. The number of anilines is 1. The molecule has 4 rings (SSSR count). The average Bonchev–Trinajstić information content (AvgIpc) is 2.71. The Bertz CT molecular complexity index is 1280. The van der Waals surface area contributed by atoms with Crippen LogP contribution in [0.2, 0.25) is 0 Å². The highest BCUT2D eigenvalue weighted by Crippen LogP contribution is 2.26. The van der Waals surface area contributed by atoms with Gasteiger partial charge in [0, 0.05) is 16.1 Å². The van der Waals surface area contributed by atoms with Crippen LogP contribution >= 0.6 is 15.9 Å². The Morgan fingerprint density at radius 2 is 1.83 bits per heavy atom. The van der Waals surface area contributed by atoms with E-state index in [-0.39, 0.29) is 12.2 Å². The molecule has 0 atom stereocenters. The first-order valence-electron chi connectivity index (χ1n) is 8.82. The number of fused-ring (bicyclic) bond motifs is 1. The number of carbonyl (C=O) groups is 1. The van der Waals surface area contributed by atoms with Crippen LogP contribution in [0.5, 0.6) is 0 Å². The zero-order valence-electron chi connectivity index (χ0n) is 15.1. The number of benzene rings is 3. The summed E-state index contributed by atoms with van der Waals surface area (Å²) in [6, 6.07) is 21.0. The zero-order chi connectivity index (χ0) is 20.4. The molecule has 0 radical (unpaired) electrons. The fourth-order valence-electron chi connectivity index (χ4n) is 3.07. The molecule has 1 aromatic heterocycles. The van der Waals surface area contributed by atoms with Gasteiger partial charge in [-0.2, -0.15) is 5.10 Å². The van der Waals surface area contributed by atoms with E-state index < -0.39 is 17.3 Å². The Morgan fingerprint density at radius 3 is 2.66 bits per heavy atom. The Labute approximate surface area is 173 Å². The molecule has 1 N–H and O–H groups in total. The molecule has 1 heterocycles. The number of amides is 1. The van der Waals surface area contributed by atoms with Crippen molar-refractivity contribution in [2.45, 2.75) is 6.54 Å². The fourth-order valence-corrected chi connectivity index (χ4v) is 3.40. The summed E-state index contributed by atoms with van der Waals surface area (Å²) in [4.78, 5) is 24.5. The molecule has 0 saturated carbocycles. The summed E-state index contributed by atoms with van der Waals surface area (Å²) >= 11 is 3.16. The number of hydrogen-bond donors (Lipinski definition) is 1. The van der Waals surface area contributed by atoms with Crippen LogP contribution in [0.3, 0.4) is 0 Å². The van der Waals surface area contributed by atoms with Crippen LogP contribution in [0.4, 0.5) is 10.1 Å². The summed E-state index contributed by atoms with van der Waals surface area (Å²) in [5.41, 5.74) is 1.05. The van der Waals surface area contributed by atoms with E-state index in [9.17, 15) is 14.0 Å². The lowest BCUT2D eigenvalue weighted by atomic mass is 10.0. The second-order valence-corrected chi connectivity index (χ2v) is 7.33. The fraction of sp³-hybridized carbons (Fsp3) is 0.0455. The van der Waals surface area contributed by atoms with Gasteiger partial charge in [0.2, 0.25) is 5.91 Å². The van der Waals surface area contributed by atoms with Crippen molar-refractivity contribution >= 4 is 38.3 Å². The van der Waals surface area contributed by atoms with Crippen LogP contribution in [0.25, 0.3) is 22.0 Å². The van der Waals surface area contributed by atoms with Crippen molar-refractivity contribution < 1.29 is 9.18 Å². The summed E-state index contributed by atoms with van der Waals surface area (Å²) in [5.74, 6) is -1.12. The minimum absolute atomic E-state index is 0.0384. The highest BCUT2D eigenvalue weighted by Gasteiger charge is 2.12. The molecule has 0 saturated heterocycles. The standard InChI is InChI=1S/C22H15BrFN3O2/c23-15-8-9-20(18(24)12-15)25-21(28)13-27-22(29)11-10-19(26-27)17-7-3-5-14-4-1-2-6-16(14)17/h1-12H,13H2,(H,25,28). The van der Waals surface area contributed by atoms with Gasteiger partial charge >= 0.3 is 0 Å². The highest BCUT2D eigenvalue weighted by molar-refractivity contribution is 9.10. The summed E-state index contributed by atoms with van der Waals surface area (Å²) < 4.78 is 15.6. The lowest BCUT2D eigenvalue weighted by Crippen LogP contribution is -2.29. The van der Waals surface area contributed by atoms with Crippen LogP contribution < -0.4 is 10.9 Å². The molecule has 1 amide bonds. The van der Waals surface area contributed by atoms with Gasteiger partial charge in [-0.05, 0) is 35.0 Å². The molecular weight excluding hydrogens is 437 g/mol. The van der Waals surface area contributed by atoms with Gasteiger partial charge in [-0.15, -0.1) is 0 Å². The summed E-state index contributed by atoms with van der Waals surface area (Å²) in [6.45, 7) is -0.326. The number of rotatable bonds is 4. The molecule has 5 nitrogen and oxygen atoms in total. The van der Waals surface area contributed by atoms with Gasteiger partial charge in [-0.1, -0.05) is 58.4 Å². The first kappa shape index (κ1) is 19.0. The van der Waals surface area contributed by atoms with Gasteiger partial charge in [-0.25, -0.2) is 9.07 Å². The summed E-state index contributed by atoms with van der Waals surface area (Å²) in [7, 11) is 0. The van der Waals surface area contributed by atoms with Crippen LogP contribution in [0, 0.1) is 5.82 Å². The molecule has 4 aromatic rings. The van der Waals surface area contributed by atoms with Crippen molar-refractivity contribution in [1.82, 2.24) is 9.78 Å². The van der Waals surface area contributed by atoms with Crippen LogP contribution in [0.15, 0.2) is 82.1 Å². The lowest BCUT2D eigenvalue weighted by Gasteiger charge is -2.10. The topological polar surface area (TPSA) is 64.0 Å². The molecular formula is C22H15BrFN3O2. The quantitative estimate of drug-likeness (QED) is 0.492. The van der Waals surface area contributed by atoms with E-state index in [0.717, 1.165) is 21.0 Å². The number of carbonyl (C=O) groups excluding carboxylic acids is 1. The average molecular weight is 452 g/mol. The van der Waals surface area contributed by atoms with Crippen LogP contribution in [-0.4, -0.2) is 15.7 Å². The van der Waals surface area contributed by atoms with E-state index in [0.29, 0.717) is 10.2 Å². The third-order valence-corrected chi connectivity index (χ3v) is 4.92. The van der Waals surface area contributed by atoms with Crippen molar-refractivity contribution in [2.24, 2.45) is 0 Å². The van der Waals surface area contributed by atoms with Gasteiger partial charge in [-0.3, -0.25) is 9.59 Å². The predicted molar refractivity (Wildman–Crippen MR) is 114 cm³/mol. The minimum atomic E-state index is -0.572. The molecule has 0 fully saturated rings. The van der Waals surface area contributed by atoms with Crippen LogP contribution in [0.1, 0.15) is 0 Å². The maximum atomic E-state index is 13.9. The normalized spacial score (nSPS) is 10.8. The first-order valence-corrected chi connectivity index (χ1v) is 9.62. The number of aromatic nitrogens is 2. The monoisotopic (exact) mass is 451 g/mol. The maximum absolute atomic E-state index is 13.9. The number of halogens is 2. The SMILES string of the molecule is O=C(Cn1nc(-c2cccc3ccccc23)ccc1=O)Nc1ccc(Br)cc1F. The lowest BCUT2D eigenvalue weighted by molar-refractivity contribution is -0.117. The third-order valence-electron chi connectivity index (χ3n) is 4.43. The van der Waals surface area contributed by atoms with Crippen molar-refractivity contribution in [3.05, 3.63) is 93.4 Å². The number of nitrogens with zero attached hydrogens (tertiary/aromatic N) is 2. The number of hydrogen-bond acceptors (Lipinski definition) is 3. The molecule has 144 valence electrons. The van der Waals surface area contributed by atoms with E-state index in [1.165, 1.54) is 18.2 Å². The number of nitrogens with one attached hydrogen (secondary N) is 1. The van der Waals surface area contributed by atoms with Gasteiger partial charge < -0.3 is 5.32 Å². The maximum Gasteiger partial charge on any atom is 0.267 e. The molecule has 0 aliphatic rings. The molecule has 7 heteroatoms. The zero-order valence-corrected chi connectivity index (χ0v) is 16.7. The molecule has 0 spiro atoms. The molecule has 0 bridgehead atoms. The van der Waals surface area contributed by atoms with E-state index in [1.807, 2.05) is 42.5 Å². The van der Waals surface area contributed by atoms with E-state index >= 15 is 0 Å². The van der Waals surface area contributed by atoms with Crippen LogP contribution in [-0.2, 0) is 11.3 Å². The van der Waals surface area contributed by atoms with Gasteiger partial charge in [0.25, 0.3) is 5.56 Å². The molecule has 0 aliphatic heterocycles. The third kappa shape index (κ3) is 4.09. The van der Waals surface area contributed by atoms with Gasteiger partial charge in [0.05, 0.1) is 11.4 Å². The van der Waals surface area contributed by atoms with E-state index in [1.54, 1.807) is 12.1 Å². The minimum Gasteiger partial charge on any atom is -0.322 e. The molecule has 0 unspecified atom stereocenters.